The zero-order valence-corrected chi connectivity index (χ0v) is 14.6. The number of hydrogen-bond acceptors (Lipinski definition) is 3. The predicted molar refractivity (Wildman–Crippen MR) is 99.6 cm³/mol. The number of alkyl halides is 1. The summed E-state index contributed by atoms with van der Waals surface area (Å²) < 4.78 is 5.89. The van der Waals surface area contributed by atoms with E-state index >= 15 is 0 Å². The van der Waals surface area contributed by atoms with E-state index in [0.29, 0.717) is 18.2 Å². The highest BCUT2D eigenvalue weighted by Crippen LogP contribution is 2.26. The fourth-order valence-electron chi connectivity index (χ4n) is 2.57. The third-order valence-electron chi connectivity index (χ3n) is 3.77. The highest BCUT2D eigenvalue weighted by molar-refractivity contribution is 6.18. The van der Waals surface area contributed by atoms with Gasteiger partial charge in [0.1, 0.15) is 12.4 Å². The third-order valence-corrected chi connectivity index (χ3v) is 3.94. The molecular formula is C19H25ClN2O. The van der Waals surface area contributed by atoms with Gasteiger partial charge in [-0.1, -0.05) is 31.2 Å². The van der Waals surface area contributed by atoms with Crippen LogP contribution in [0.4, 0.5) is 11.4 Å². The van der Waals surface area contributed by atoms with Gasteiger partial charge in [0.25, 0.3) is 0 Å². The number of nitrogens with two attached hydrogens (primary N) is 1. The molecule has 0 aliphatic carbocycles. The fraction of sp³-hybridized carbons (Fsp3) is 0.368. The maximum absolute atomic E-state index is 5.97. The first-order chi connectivity index (χ1) is 11.2. The second-order valence-corrected chi connectivity index (χ2v) is 6.00. The lowest BCUT2D eigenvalue weighted by atomic mass is 10.2. The zero-order valence-electron chi connectivity index (χ0n) is 13.9. The summed E-state index contributed by atoms with van der Waals surface area (Å²) in [4.78, 5) is 2.30. The summed E-state index contributed by atoms with van der Waals surface area (Å²) in [6.07, 6.45) is 1.11. The van der Waals surface area contributed by atoms with E-state index in [-0.39, 0.29) is 0 Å². The van der Waals surface area contributed by atoms with E-state index in [1.54, 1.807) is 0 Å². The van der Waals surface area contributed by atoms with Crippen molar-refractivity contribution in [3.63, 3.8) is 0 Å². The van der Waals surface area contributed by atoms with Crippen LogP contribution in [-0.4, -0.2) is 19.0 Å². The van der Waals surface area contributed by atoms with Crippen LogP contribution < -0.4 is 15.4 Å². The summed E-state index contributed by atoms with van der Waals surface area (Å²) in [6.45, 7) is 6.57. The van der Waals surface area contributed by atoms with Crippen LogP contribution in [-0.2, 0) is 6.61 Å². The number of para-hydroxylation sites is 1. The van der Waals surface area contributed by atoms with E-state index in [2.05, 4.69) is 36.1 Å². The molecule has 0 aliphatic heterocycles. The van der Waals surface area contributed by atoms with Crippen molar-refractivity contribution >= 4 is 23.0 Å². The van der Waals surface area contributed by atoms with Crippen LogP contribution in [0.25, 0.3) is 0 Å². The van der Waals surface area contributed by atoms with Gasteiger partial charge in [0.15, 0.2) is 0 Å². The molecule has 0 aliphatic rings. The maximum Gasteiger partial charge on any atom is 0.145 e. The normalized spacial score (nSPS) is 10.6. The molecule has 0 aromatic heterocycles. The average molecular weight is 333 g/mol. The minimum Gasteiger partial charge on any atom is -0.486 e. The van der Waals surface area contributed by atoms with Crippen molar-refractivity contribution in [2.24, 2.45) is 0 Å². The van der Waals surface area contributed by atoms with Crippen molar-refractivity contribution in [2.75, 3.05) is 29.6 Å². The lowest BCUT2D eigenvalue weighted by Crippen LogP contribution is -2.26. The minimum atomic E-state index is 0.513. The Labute approximate surface area is 144 Å². The first-order valence-electron chi connectivity index (χ1n) is 8.03. The van der Waals surface area contributed by atoms with Gasteiger partial charge in [-0.3, -0.25) is 0 Å². The van der Waals surface area contributed by atoms with Gasteiger partial charge >= 0.3 is 0 Å². The molecule has 2 aromatic carbocycles. The van der Waals surface area contributed by atoms with Crippen molar-refractivity contribution in [2.45, 2.75) is 26.9 Å². The Hall–Kier alpha value is -1.87. The molecule has 2 N–H and O–H groups in total. The van der Waals surface area contributed by atoms with Gasteiger partial charge in [-0.05, 0) is 42.7 Å². The van der Waals surface area contributed by atoms with Crippen molar-refractivity contribution < 1.29 is 4.74 Å². The van der Waals surface area contributed by atoms with Crippen molar-refractivity contribution in [1.82, 2.24) is 0 Å². The predicted octanol–water partition coefficient (Wildman–Crippen LogP) is 4.61. The number of rotatable bonds is 8. The summed E-state index contributed by atoms with van der Waals surface area (Å²) in [7, 11) is 0. The van der Waals surface area contributed by atoms with Gasteiger partial charge in [0.2, 0.25) is 0 Å². The molecule has 0 atom stereocenters. The van der Waals surface area contributed by atoms with Crippen LogP contribution in [0, 0.1) is 6.92 Å². The molecule has 0 saturated heterocycles. The number of nitrogen functional groups attached to an aromatic ring is 1. The Morgan fingerprint density at radius 2 is 1.83 bits per heavy atom. The Kier molecular flexibility index (Phi) is 6.60. The van der Waals surface area contributed by atoms with Gasteiger partial charge in [0, 0.05) is 24.7 Å². The number of aryl methyl sites for hydroxylation is 1. The van der Waals surface area contributed by atoms with E-state index in [1.807, 2.05) is 25.1 Å². The molecule has 0 amide bonds. The second-order valence-electron chi connectivity index (χ2n) is 5.62. The summed E-state index contributed by atoms with van der Waals surface area (Å²) in [6, 6.07) is 14.3. The van der Waals surface area contributed by atoms with E-state index in [4.69, 9.17) is 22.1 Å². The molecule has 0 radical (unpaired) electrons. The molecule has 0 heterocycles. The van der Waals surface area contributed by atoms with Crippen LogP contribution in [0.2, 0.25) is 0 Å². The van der Waals surface area contributed by atoms with Gasteiger partial charge in [-0.25, -0.2) is 0 Å². The Bertz CT molecular complexity index is 587. The SMILES string of the molecule is CCCN(CCCl)c1ccc(COc2c(C)cccc2N)cc1. The Balaban J connectivity index is 2.02. The molecule has 0 bridgehead atoms. The number of nitrogens with zero attached hydrogens (tertiary/aromatic N) is 1. The summed E-state index contributed by atoms with van der Waals surface area (Å²) in [5.41, 5.74) is 10.0. The standard InChI is InChI=1S/C19H25ClN2O/c1-3-12-22(13-11-20)17-9-7-16(8-10-17)14-23-19-15(2)5-4-6-18(19)21/h4-10H,3,11-14,21H2,1-2H3. The number of ether oxygens (including phenoxy) is 1. The lowest BCUT2D eigenvalue weighted by Gasteiger charge is -2.23. The number of anilines is 2. The molecular weight excluding hydrogens is 308 g/mol. The highest BCUT2D eigenvalue weighted by atomic mass is 35.5. The van der Waals surface area contributed by atoms with Crippen LogP contribution in [0.5, 0.6) is 5.75 Å². The molecule has 0 fully saturated rings. The van der Waals surface area contributed by atoms with E-state index in [0.717, 1.165) is 36.4 Å². The van der Waals surface area contributed by atoms with Crippen molar-refractivity contribution in [3.05, 3.63) is 53.6 Å². The van der Waals surface area contributed by atoms with Crippen LogP contribution in [0.3, 0.4) is 0 Å². The summed E-state index contributed by atoms with van der Waals surface area (Å²) in [5.74, 6) is 1.41. The highest BCUT2D eigenvalue weighted by Gasteiger charge is 2.07. The number of halogens is 1. The molecule has 2 rings (SSSR count). The van der Waals surface area contributed by atoms with Gasteiger partial charge in [0.05, 0.1) is 5.69 Å². The lowest BCUT2D eigenvalue weighted by molar-refractivity contribution is 0.306. The summed E-state index contributed by atoms with van der Waals surface area (Å²) >= 11 is 5.89. The Morgan fingerprint density at radius 3 is 2.43 bits per heavy atom. The Morgan fingerprint density at radius 1 is 1.09 bits per heavy atom. The molecule has 0 saturated carbocycles. The summed E-state index contributed by atoms with van der Waals surface area (Å²) in [5, 5.41) is 0. The monoisotopic (exact) mass is 332 g/mol. The topological polar surface area (TPSA) is 38.5 Å². The minimum absolute atomic E-state index is 0.513. The largest absolute Gasteiger partial charge is 0.486 e. The smallest absolute Gasteiger partial charge is 0.145 e. The third kappa shape index (κ3) is 4.80. The first-order valence-corrected chi connectivity index (χ1v) is 8.57. The number of benzene rings is 2. The van der Waals surface area contributed by atoms with E-state index in [1.165, 1.54) is 5.69 Å². The second kappa shape index (κ2) is 8.68. The zero-order chi connectivity index (χ0) is 16.7. The molecule has 2 aromatic rings. The molecule has 0 spiro atoms. The average Bonchev–Trinajstić information content (AvgIpc) is 2.55. The van der Waals surface area contributed by atoms with Crippen LogP contribution >= 0.6 is 11.6 Å². The van der Waals surface area contributed by atoms with Crippen LogP contribution in [0.1, 0.15) is 24.5 Å². The molecule has 23 heavy (non-hydrogen) atoms. The number of hydrogen-bond donors (Lipinski definition) is 1. The van der Waals surface area contributed by atoms with Crippen molar-refractivity contribution in [1.29, 1.82) is 0 Å². The first kappa shape index (κ1) is 17.5. The fourth-order valence-corrected chi connectivity index (χ4v) is 2.78. The quantitative estimate of drug-likeness (QED) is 0.566. The molecule has 124 valence electrons. The van der Waals surface area contributed by atoms with E-state index in [9.17, 15) is 0 Å². The molecule has 3 nitrogen and oxygen atoms in total. The van der Waals surface area contributed by atoms with Gasteiger partial charge in [-0.15, -0.1) is 11.6 Å². The molecule has 0 unspecified atom stereocenters. The maximum atomic E-state index is 5.97. The van der Waals surface area contributed by atoms with Crippen molar-refractivity contribution in [3.8, 4) is 5.75 Å². The van der Waals surface area contributed by atoms with Gasteiger partial charge in [-0.2, -0.15) is 0 Å². The van der Waals surface area contributed by atoms with Gasteiger partial charge < -0.3 is 15.4 Å². The molecule has 4 heteroatoms. The van der Waals surface area contributed by atoms with Crippen LogP contribution in [0.15, 0.2) is 42.5 Å². The van der Waals surface area contributed by atoms with E-state index < -0.39 is 0 Å².